The van der Waals surface area contributed by atoms with Gasteiger partial charge in [0.2, 0.25) is 0 Å². The first-order chi connectivity index (χ1) is 8.31. The minimum Gasteiger partial charge on any atom is -0.249 e. The van der Waals surface area contributed by atoms with Crippen LogP contribution in [0.1, 0.15) is 29.7 Å². The third kappa shape index (κ3) is 1.71. The molecule has 0 fully saturated rings. The highest BCUT2D eigenvalue weighted by Gasteiger charge is 2.18. The lowest BCUT2D eigenvalue weighted by atomic mass is 9.90. The number of hydrogen-bond acceptors (Lipinski definition) is 1. The molecule has 17 heavy (non-hydrogen) atoms. The standard InChI is InChI=1S/C14H13ClFN/c15-8-11-9-4-1-2-7-13(9)17-14-10(11)5-3-6-12(14)16/h3,5-6H,1-2,4,7-8H2. The van der Waals surface area contributed by atoms with Gasteiger partial charge < -0.3 is 0 Å². The summed E-state index contributed by atoms with van der Waals surface area (Å²) in [4.78, 5) is 4.49. The van der Waals surface area contributed by atoms with Crippen LogP contribution in [0, 0.1) is 5.82 Å². The summed E-state index contributed by atoms with van der Waals surface area (Å²) >= 11 is 6.04. The second-order valence-electron chi connectivity index (χ2n) is 4.49. The van der Waals surface area contributed by atoms with Crippen molar-refractivity contribution in [3.63, 3.8) is 0 Å². The Labute approximate surface area is 105 Å². The van der Waals surface area contributed by atoms with E-state index in [0.29, 0.717) is 11.4 Å². The van der Waals surface area contributed by atoms with E-state index < -0.39 is 0 Å². The number of aromatic nitrogens is 1. The van der Waals surface area contributed by atoms with Gasteiger partial charge in [0.25, 0.3) is 0 Å². The van der Waals surface area contributed by atoms with Gasteiger partial charge in [-0.15, -0.1) is 11.6 Å². The summed E-state index contributed by atoms with van der Waals surface area (Å²) in [6.07, 6.45) is 4.29. The zero-order valence-corrected chi connectivity index (χ0v) is 10.2. The highest BCUT2D eigenvalue weighted by Crippen LogP contribution is 2.31. The summed E-state index contributed by atoms with van der Waals surface area (Å²) in [6.45, 7) is 0. The average molecular weight is 250 g/mol. The van der Waals surface area contributed by atoms with Gasteiger partial charge in [0.05, 0.1) is 0 Å². The van der Waals surface area contributed by atoms with E-state index in [1.54, 1.807) is 6.07 Å². The van der Waals surface area contributed by atoms with Gasteiger partial charge in [0.15, 0.2) is 0 Å². The third-order valence-electron chi connectivity index (χ3n) is 3.50. The molecular weight excluding hydrogens is 237 g/mol. The number of para-hydroxylation sites is 1. The fourth-order valence-corrected chi connectivity index (χ4v) is 2.97. The van der Waals surface area contributed by atoms with E-state index >= 15 is 0 Å². The third-order valence-corrected chi connectivity index (χ3v) is 3.76. The Bertz CT molecular complexity index is 580. The van der Waals surface area contributed by atoms with E-state index in [4.69, 9.17) is 11.6 Å². The summed E-state index contributed by atoms with van der Waals surface area (Å²) < 4.78 is 13.8. The summed E-state index contributed by atoms with van der Waals surface area (Å²) in [5.74, 6) is 0.187. The lowest BCUT2D eigenvalue weighted by molar-refractivity contribution is 0.631. The van der Waals surface area contributed by atoms with Crippen LogP contribution in [-0.4, -0.2) is 4.98 Å². The molecule has 1 nitrogen and oxygen atoms in total. The van der Waals surface area contributed by atoms with E-state index in [2.05, 4.69) is 4.98 Å². The van der Waals surface area contributed by atoms with E-state index in [1.807, 2.05) is 6.07 Å². The van der Waals surface area contributed by atoms with Crippen LogP contribution in [-0.2, 0) is 18.7 Å². The summed E-state index contributed by atoms with van der Waals surface area (Å²) in [5.41, 5.74) is 3.85. The number of alkyl halides is 1. The first-order valence-corrected chi connectivity index (χ1v) is 6.49. The summed E-state index contributed by atoms with van der Waals surface area (Å²) in [5, 5.41) is 0.876. The molecule has 1 aromatic carbocycles. The quantitative estimate of drug-likeness (QED) is 0.697. The summed E-state index contributed by atoms with van der Waals surface area (Å²) in [6, 6.07) is 5.10. The van der Waals surface area contributed by atoms with Crippen LogP contribution >= 0.6 is 11.6 Å². The van der Waals surface area contributed by atoms with Crippen LogP contribution < -0.4 is 0 Å². The van der Waals surface area contributed by atoms with Gasteiger partial charge >= 0.3 is 0 Å². The average Bonchev–Trinajstić information content (AvgIpc) is 2.37. The molecule has 1 aliphatic carbocycles. The maximum atomic E-state index is 13.8. The largest absolute Gasteiger partial charge is 0.249 e. The zero-order chi connectivity index (χ0) is 11.8. The van der Waals surface area contributed by atoms with Crippen molar-refractivity contribution in [3.8, 4) is 0 Å². The van der Waals surface area contributed by atoms with Gasteiger partial charge in [0, 0.05) is 17.0 Å². The fourth-order valence-electron chi connectivity index (χ4n) is 2.66. The normalized spacial score (nSPS) is 14.9. The van der Waals surface area contributed by atoms with Crippen molar-refractivity contribution < 1.29 is 4.39 Å². The van der Waals surface area contributed by atoms with E-state index in [1.165, 1.54) is 18.1 Å². The number of hydrogen-bond donors (Lipinski definition) is 0. The number of nitrogens with zero attached hydrogens (tertiary/aromatic N) is 1. The molecule has 2 aromatic rings. The van der Waals surface area contributed by atoms with Crippen LogP contribution in [0.15, 0.2) is 18.2 Å². The Morgan fingerprint density at radius 2 is 2.06 bits per heavy atom. The molecule has 1 heterocycles. The van der Waals surface area contributed by atoms with Crippen molar-refractivity contribution in [1.82, 2.24) is 4.98 Å². The monoisotopic (exact) mass is 249 g/mol. The van der Waals surface area contributed by atoms with Crippen molar-refractivity contribution >= 4 is 22.5 Å². The molecule has 3 heteroatoms. The molecule has 1 aromatic heterocycles. The second-order valence-corrected chi connectivity index (χ2v) is 4.76. The number of pyridine rings is 1. The second kappa shape index (κ2) is 4.26. The number of aryl methyl sites for hydroxylation is 1. The molecule has 0 bridgehead atoms. The molecule has 88 valence electrons. The molecule has 0 amide bonds. The number of rotatable bonds is 1. The van der Waals surface area contributed by atoms with Crippen LogP contribution in [0.25, 0.3) is 10.9 Å². The van der Waals surface area contributed by atoms with Crippen molar-refractivity contribution in [2.75, 3.05) is 0 Å². The molecule has 0 radical (unpaired) electrons. The highest BCUT2D eigenvalue weighted by molar-refractivity contribution is 6.18. The van der Waals surface area contributed by atoms with Gasteiger partial charge in [-0.3, -0.25) is 0 Å². The molecule has 0 aliphatic heterocycles. The maximum Gasteiger partial charge on any atom is 0.149 e. The van der Waals surface area contributed by atoms with Crippen LogP contribution in [0.5, 0.6) is 0 Å². The van der Waals surface area contributed by atoms with Crippen molar-refractivity contribution in [2.45, 2.75) is 31.6 Å². The Morgan fingerprint density at radius 1 is 1.24 bits per heavy atom. The number of benzene rings is 1. The van der Waals surface area contributed by atoms with Gasteiger partial charge in [-0.05, 0) is 42.9 Å². The van der Waals surface area contributed by atoms with Gasteiger partial charge in [-0.2, -0.15) is 0 Å². The molecule has 0 atom stereocenters. The first kappa shape index (κ1) is 11.0. The molecule has 0 saturated carbocycles. The fraction of sp³-hybridized carbons (Fsp3) is 0.357. The van der Waals surface area contributed by atoms with Crippen LogP contribution in [0.3, 0.4) is 0 Å². The van der Waals surface area contributed by atoms with Gasteiger partial charge in [0.1, 0.15) is 11.3 Å². The van der Waals surface area contributed by atoms with Crippen molar-refractivity contribution in [3.05, 3.63) is 40.8 Å². The number of fused-ring (bicyclic) bond motifs is 2. The Kier molecular flexibility index (Phi) is 2.75. The molecular formula is C14H13ClFN. The zero-order valence-electron chi connectivity index (χ0n) is 9.47. The predicted octanol–water partition coefficient (Wildman–Crippen LogP) is 3.99. The molecule has 0 unspecified atom stereocenters. The van der Waals surface area contributed by atoms with Crippen molar-refractivity contribution in [1.29, 1.82) is 0 Å². The first-order valence-electron chi connectivity index (χ1n) is 5.96. The minimum absolute atomic E-state index is 0.248. The minimum atomic E-state index is -0.248. The van der Waals surface area contributed by atoms with Gasteiger partial charge in [-0.1, -0.05) is 12.1 Å². The summed E-state index contributed by atoms with van der Waals surface area (Å²) in [7, 11) is 0. The molecule has 0 N–H and O–H groups in total. The SMILES string of the molecule is Fc1cccc2c(CCl)c3c(nc12)CCCC3. The number of halogens is 2. The van der Waals surface area contributed by atoms with E-state index in [0.717, 1.165) is 35.9 Å². The van der Waals surface area contributed by atoms with E-state index in [-0.39, 0.29) is 5.82 Å². The Hall–Kier alpha value is -1.15. The van der Waals surface area contributed by atoms with Crippen molar-refractivity contribution in [2.24, 2.45) is 0 Å². The highest BCUT2D eigenvalue weighted by atomic mass is 35.5. The topological polar surface area (TPSA) is 12.9 Å². The van der Waals surface area contributed by atoms with E-state index in [9.17, 15) is 4.39 Å². The molecule has 1 aliphatic rings. The molecule has 0 spiro atoms. The lowest BCUT2D eigenvalue weighted by Gasteiger charge is -2.19. The predicted molar refractivity (Wildman–Crippen MR) is 67.9 cm³/mol. The molecule has 3 rings (SSSR count). The van der Waals surface area contributed by atoms with Crippen LogP contribution in [0.4, 0.5) is 4.39 Å². The smallest absolute Gasteiger partial charge is 0.149 e. The Morgan fingerprint density at radius 3 is 2.88 bits per heavy atom. The van der Waals surface area contributed by atoms with Gasteiger partial charge in [-0.25, -0.2) is 9.37 Å². The Balaban J connectivity index is 2.39. The van der Waals surface area contributed by atoms with Crippen LogP contribution in [0.2, 0.25) is 0 Å². The maximum absolute atomic E-state index is 13.8. The lowest BCUT2D eigenvalue weighted by Crippen LogP contribution is -2.09. The molecule has 0 saturated heterocycles.